The highest BCUT2D eigenvalue weighted by Crippen LogP contribution is 2.23. The molecule has 0 aliphatic heterocycles. The number of hydrogen-bond acceptors (Lipinski definition) is 6. The first-order chi connectivity index (χ1) is 14.8. The third-order valence-electron chi connectivity index (χ3n) is 4.52. The Kier molecular flexibility index (Phi) is 7.87. The van der Waals surface area contributed by atoms with E-state index in [9.17, 15) is 9.59 Å². The maximum Gasteiger partial charge on any atom is 0.234 e. The molecule has 31 heavy (non-hydrogen) atoms. The number of anilines is 1. The summed E-state index contributed by atoms with van der Waals surface area (Å²) in [6.45, 7) is 7.87. The molecular formula is C24H25N3O2S2. The second kappa shape index (κ2) is 10.6. The molecule has 0 aliphatic carbocycles. The molecule has 3 aromatic rings. The van der Waals surface area contributed by atoms with E-state index in [-0.39, 0.29) is 23.2 Å². The summed E-state index contributed by atoms with van der Waals surface area (Å²) in [4.78, 5) is 33.7. The number of amides is 1. The number of carbonyl (C=O) groups excluding carboxylic acids is 2. The van der Waals surface area contributed by atoms with Crippen molar-refractivity contribution < 1.29 is 9.59 Å². The highest BCUT2D eigenvalue weighted by molar-refractivity contribution is 8.00. The minimum atomic E-state index is -0.0861. The predicted octanol–water partition coefficient (Wildman–Crippen LogP) is 5.42. The first kappa shape index (κ1) is 23.0. The maximum atomic E-state index is 12.4. The third-order valence-corrected chi connectivity index (χ3v) is 6.28. The zero-order valence-electron chi connectivity index (χ0n) is 18.1. The Morgan fingerprint density at radius 1 is 0.839 bits per heavy atom. The number of aromatic nitrogens is 2. The summed E-state index contributed by atoms with van der Waals surface area (Å²) in [6.07, 6.45) is 0. The van der Waals surface area contributed by atoms with Gasteiger partial charge in [-0.3, -0.25) is 9.59 Å². The average Bonchev–Trinajstić information content (AvgIpc) is 2.73. The summed E-state index contributed by atoms with van der Waals surface area (Å²) in [6, 6.07) is 15.3. The third kappa shape index (κ3) is 6.94. The number of thioether (sulfide) groups is 2. The molecule has 0 radical (unpaired) electrons. The van der Waals surface area contributed by atoms with E-state index in [2.05, 4.69) is 15.3 Å². The van der Waals surface area contributed by atoms with Crippen LogP contribution in [0, 0.1) is 27.7 Å². The standard InChI is InChI=1S/C24H25N3O2S2/c1-15-5-8-19(9-6-15)21(28)13-31-24-25-18(4)12-23(27-24)30-14-22(29)26-20-10-7-16(2)11-17(20)3/h5-12H,13-14H2,1-4H3,(H,26,29). The van der Waals surface area contributed by atoms with Gasteiger partial charge in [-0.25, -0.2) is 9.97 Å². The van der Waals surface area contributed by atoms with Gasteiger partial charge in [-0.05, 0) is 45.4 Å². The Hall–Kier alpha value is -2.64. The fourth-order valence-corrected chi connectivity index (χ4v) is 4.50. The normalized spacial score (nSPS) is 10.7. The molecule has 3 rings (SSSR count). The van der Waals surface area contributed by atoms with Gasteiger partial charge in [0.25, 0.3) is 0 Å². The summed E-state index contributed by atoms with van der Waals surface area (Å²) in [7, 11) is 0. The zero-order valence-corrected chi connectivity index (χ0v) is 19.7. The molecule has 0 bridgehead atoms. The van der Waals surface area contributed by atoms with Crippen molar-refractivity contribution in [1.29, 1.82) is 0 Å². The molecule has 7 heteroatoms. The number of hydrogen-bond donors (Lipinski definition) is 1. The summed E-state index contributed by atoms with van der Waals surface area (Å²) in [5, 5.41) is 4.20. The van der Waals surface area contributed by atoms with E-state index in [0.29, 0.717) is 15.7 Å². The highest BCUT2D eigenvalue weighted by atomic mass is 32.2. The van der Waals surface area contributed by atoms with E-state index < -0.39 is 0 Å². The Labute approximate surface area is 191 Å². The fraction of sp³-hybridized carbons (Fsp3) is 0.250. The smallest absolute Gasteiger partial charge is 0.234 e. The highest BCUT2D eigenvalue weighted by Gasteiger charge is 2.11. The van der Waals surface area contributed by atoms with Gasteiger partial charge in [0.2, 0.25) is 5.91 Å². The molecular weight excluding hydrogens is 426 g/mol. The first-order valence-electron chi connectivity index (χ1n) is 9.88. The van der Waals surface area contributed by atoms with Crippen molar-refractivity contribution >= 4 is 40.9 Å². The Bertz CT molecular complexity index is 1100. The van der Waals surface area contributed by atoms with Crippen LogP contribution in [0.3, 0.4) is 0 Å². The number of nitrogens with zero attached hydrogens (tertiary/aromatic N) is 2. The number of benzene rings is 2. The van der Waals surface area contributed by atoms with Gasteiger partial charge in [0, 0.05) is 16.9 Å². The lowest BCUT2D eigenvalue weighted by Gasteiger charge is -2.09. The summed E-state index contributed by atoms with van der Waals surface area (Å²) in [5.74, 6) is 0.467. The minimum Gasteiger partial charge on any atom is -0.325 e. The molecule has 0 fully saturated rings. The van der Waals surface area contributed by atoms with E-state index in [4.69, 9.17) is 0 Å². The number of rotatable bonds is 8. The van der Waals surface area contributed by atoms with Gasteiger partial charge in [0.15, 0.2) is 10.9 Å². The lowest BCUT2D eigenvalue weighted by molar-refractivity contribution is -0.113. The zero-order chi connectivity index (χ0) is 22.4. The van der Waals surface area contributed by atoms with Gasteiger partial charge < -0.3 is 5.32 Å². The minimum absolute atomic E-state index is 0.0390. The molecule has 1 amide bonds. The van der Waals surface area contributed by atoms with Gasteiger partial charge in [0.1, 0.15) is 5.03 Å². The maximum absolute atomic E-state index is 12.4. The lowest BCUT2D eigenvalue weighted by atomic mass is 10.1. The Balaban J connectivity index is 1.57. The molecule has 0 saturated heterocycles. The van der Waals surface area contributed by atoms with Crippen LogP contribution in [0.2, 0.25) is 0 Å². The van der Waals surface area contributed by atoms with Crippen LogP contribution < -0.4 is 5.32 Å². The Morgan fingerprint density at radius 2 is 1.55 bits per heavy atom. The molecule has 0 atom stereocenters. The summed E-state index contributed by atoms with van der Waals surface area (Å²) < 4.78 is 0. The van der Waals surface area contributed by atoms with Crippen LogP contribution in [0.4, 0.5) is 5.69 Å². The van der Waals surface area contributed by atoms with Crippen molar-refractivity contribution in [2.24, 2.45) is 0 Å². The quantitative estimate of drug-likeness (QED) is 0.213. The van der Waals surface area contributed by atoms with Crippen molar-refractivity contribution in [1.82, 2.24) is 9.97 Å². The molecule has 0 saturated carbocycles. The summed E-state index contributed by atoms with van der Waals surface area (Å²) >= 11 is 2.67. The predicted molar refractivity (Wildman–Crippen MR) is 128 cm³/mol. The second-order valence-corrected chi connectivity index (χ2v) is 9.30. The van der Waals surface area contributed by atoms with Crippen molar-refractivity contribution in [2.45, 2.75) is 37.9 Å². The van der Waals surface area contributed by atoms with Crippen molar-refractivity contribution in [3.05, 3.63) is 76.5 Å². The number of ketones is 1. The van der Waals surface area contributed by atoms with Crippen LogP contribution in [0.25, 0.3) is 0 Å². The van der Waals surface area contributed by atoms with Crippen molar-refractivity contribution in [3.8, 4) is 0 Å². The van der Waals surface area contributed by atoms with E-state index in [1.165, 1.54) is 23.5 Å². The second-order valence-electron chi connectivity index (χ2n) is 7.36. The number of carbonyl (C=O) groups is 2. The van der Waals surface area contributed by atoms with Crippen LogP contribution in [0.15, 0.2) is 58.7 Å². The molecule has 1 heterocycles. The summed E-state index contributed by atoms with van der Waals surface area (Å²) in [5.41, 5.74) is 5.62. The van der Waals surface area contributed by atoms with E-state index in [0.717, 1.165) is 28.1 Å². The van der Waals surface area contributed by atoms with Gasteiger partial charge >= 0.3 is 0 Å². The average molecular weight is 452 g/mol. The molecule has 0 unspecified atom stereocenters. The van der Waals surface area contributed by atoms with Crippen LogP contribution in [0.1, 0.15) is 32.7 Å². The van der Waals surface area contributed by atoms with Gasteiger partial charge in [-0.15, -0.1) is 0 Å². The molecule has 0 spiro atoms. The number of aryl methyl sites for hydroxylation is 4. The topological polar surface area (TPSA) is 72.0 Å². The van der Waals surface area contributed by atoms with Crippen LogP contribution in [-0.4, -0.2) is 33.2 Å². The van der Waals surface area contributed by atoms with Gasteiger partial charge in [-0.1, -0.05) is 71.0 Å². The van der Waals surface area contributed by atoms with Crippen molar-refractivity contribution in [3.63, 3.8) is 0 Å². The van der Waals surface area contributed by atoms with Crippen LogP contribution in [0.5, 0.6) is 0 Å². The fourth-order valence-electron chi connectivity index (χ4n) is 2.88. The number of Topliss-reactive ketones (excluding diaryl/α,β-unsaturated/α-hetero) is 1. The van der Waals surface area contributed by atoms with E-state index >= 15 is 0 Å². The van der Waals surface area contributed by atoms with Gasteiger partial charge in [-0.2, -0.15) is 0 Å². The lowest BCUT2D eigenvalue weighted by Crippen LogP contribution is -2.15. The molecule has 1 N–H and O–H groups in total. The molecule has 5 nitrogen and oxygen atoms in total. The van der Waals surface area contributed by atoms with E-state index in [1.54, 1.807) is 0 Å². The van der Waals surface area contributed by atoms with E-state index in [1.807, 2.05) is 76.2 Å². The first-order valence-corrected chi connectivity index (χ1v) is 11.9. The SMILES string of the molecule is Cc1ccc(C(=O)CSc2nc(C)cc(SCC(=O)Nc3ccc(C)cc3C)n2)cc1. The molecule has 160 valence electrons. The Morgan fingerprint density at radius 3 is 2.26 bits per heavy atom. The molecule has 2 aromatic carbocycles. The molecule has 1 aromatic heterocycles. The van der Waals surface area contributed by atoms with Gasteiger partial charge in [0.05, 0.1) is 11.5 Å². The largest absolute Gasteiger partial charge is 0.325 e. The monoisotopic (exact) mass is 451 g/mol. The number of nitrogens with one attached hydrogen (secondary N) is 1. The van der Waals surface area contributed by atoms with Crippen LogP contribution >= 0.6 is 23.5 Å². The molecule has 0 aliphatic rings. The van der Waals surface area contributed by atoms with Crippen molar-refractivity contribution in [2.75, 3.05) is 16.8 Å². The van der Waals surface area contributed by atoms with Crippen LogP contribution in [-0.2, 0) is 4.79 Å².